The van der Waals surface area contributed by atoms with E-state index >= 15 is 0 Å². The third-order valence-electron chi connectivity index (χ3n) is 6.20. The van der Waals surface area contributed by atoms with Crippen LogP contribution in [-0.4, -0.2) is 26.7 Å². The first kappa shape index (κ1) is 22.9. The van der Waals surface area contributed by atoms with Gasteiger partial charge in [-0.15, -0.1) is 0 Å². The maximum Gasteiger partial charge on any atom is 0.411 e. The molecule has 35 heavy (non-hydrogen) atoms. The molecule has 1 aliphatic carbocycles. The highest BCUT2D eigenvalue weighted by atomic mass is 35.5. The number of hydrogen-bond donors (Lipinski definition) is 1. The number of nitrogens with one attached hydrogen (secondary N) is 1. The Labute approximate surface area is 208 Å². The van der Waals surface area contributed by atoms with Gasteiger partial charge in [0.05, 0.1) is 33.6 Å². The highest BCUT2D eigenvalue weighted by Gasteiger charge is 2.28. The summed E-state index contributed by atoms with van der Waals surface area (Å²) in [4.78, 5) is 20.8. The predicted octanol–water partition coefficient (Wildman–Crippen LogP) is 6.97. The van der Waals surface area contributed by atoms with Gasteiger partial charge < -0.3 is 9.30 Å². The summed E-state index contributed by atoms with van der Waals surface area (Å²) in [6.45, 7) is 3.56. The molecule has 0 radical (unpaired) electrons. The van der Waals surface area contributed by atoms with Gasteiger partial charge in [-0.25, -0.2) is 14.8 Å². The lowest BCUT2D eigenvalue weighted by Gasteiger charge is -2.30. The largest absolute Gasteiger partial charge is 0.447 e. The molecule has 1 amide bonds. The molecule has 1 saturated carbocycles. The van der Waals surface area contributed by atoms with E-state index in [0.717, 1.165) is 47.0 Å². The molecule has 2 aromatic carbocycles. The highest BCUT2D eigenvalue weighted by molar-refractivity contribution is 6.34. The van der Waals surface area contributed by atoms with Crippen molar-refractivity contribution in [2.45, 2.75) is 45.3 Å². The Balaban J connectivity index is 1.64. The number of nitrogens with zero attached hydrogens (tertiary/aromatic N) is 4. The summed E-state index contributed by atoms with van der Waals surface area (Å²) >= 11 is 6.56. The fraction of sp³-hybridized carbons (Fsp3) is 0.259. The molecule has 1 aliphatic rings. The monoisotopic (exact) mass is 485 g/mol. The summed E-state index contributed by atoms with van der Waals surface area (Å²) < 4.78 is 7.41. The van der Waals surface area contributed by atoms with Gasteiger partial charge in [0.1, 0.15) is 6.07 Å². The van der Waals surface area contributed by atoms with Gasteiger partial charge in [0, 0.05) is 34.9 Å². The summed E-state index contributed by atoms with van der Waals surface area (Å²) in [5, 5.41) is 14.1. The van der Waals surface area contributed by atoms with Gasteiger partial charge in [0.15, 0.2) is 5.82 Å². The molecular formula is C27H24ClN5O2. The van der Waals surface area contributed by atoms with E-state index in [1.165, 1.54) is 0 Å². The maximum absolute atomic E-state index is 12.0. The molecule has 0 atom stereocenters. The lowest BCUT2D eigenvalue weighted by atomic mass is 9.92. The summed E-state index contributed by atoms with van der Waals surface area (Å²) in [5.74, 6) is 0.641. The first-order valence-corrected chi connectivity index (χ1v) is 12.0. The number of rotatable bonds is 5. The van der Waals surface area contributed by atoms with Crippen LogP contribution in [0.1, 0.15) is 44.7 Å². The lowest BCUT2D eigenvalue weighted by molar-refractivity contribution is 0.130. The van der Waals surface area contributed by atoms with Crippen LogP contribution in [0.5, 0.6) is 0 Å². The number of carbonyl (C=O) groups excluding carboxylic acids is 1. The van der Waals surface area contributed by atoms with Crippen LogP contribution in [0.15, 0.2) is 54.9 Å². The molecule has 1 N–H and O–H groups in total. The SMILES string of the molecule is CC(C)OC(=O)Nc1ccc(-c2c(C#N)c3ccc(-c4ncccn4)cc3n2C2CCC2)cc1Cl. The number of carbonyl (C=O) groups is 1. The minimum Gasteiger partial charge on any atom is -0.447 e. The van der Waals surface area contributed by atoms with Crippen LogP contribution >= 0.6 is 11.6 Å². The van der Waals surface area contributed by atoms with Crippen molar-refractivity contribution >= 4 is 34.3 Å². The molecule has 0 unspecified atom stereocenters. The van der Waals surface area contributed by atoms with Crippen LogP contribution in [0.2, 0.25) is 5.02 Å². The number of aromatic nitrogens is 3. The van der Waals surface area contributed by atoms with Crippen molar-refractivity contribution < 1.29 is 9.53 Å². The van der Waals surface area contributed by atoms with Gasteiger partial charge in [-0.1, -0.05) is 29.8 Å². The number of fused-ring (bicyclic) bond motifs is 1. The Kier molecular flexibility index (Phi) is 6.14. The van der Waals surface area contributed by atoms with Gasteiger partial charge >= 0.3 is 6.09 Å². The average Bonchev–Trinajstić information content (AvgIpc) is 3.12. The Hall–Kier alpha value is -3.89. The quantitative estimate of drug-likeness (QED) is 0.329. The number of amides is 1. The van der Waals surface area contributed by atoms with E-state index in [9.17, 15) is 10.1 Å². The maximum atomic E-state index is 12.0. The smallest absolute Gasteiger partial charge is 0.411 e. The van der Waals surface area contributed by atoms with Crippen LogP contribution in [0.3, 0.4) is 0 Å². The molecule has 2 heterocycles. The molecular weight excluding hydrogens is 462 g/mol. The second kappa shape index (κ2) is 9.40. The minimum absolute atomic E-state index is 0.240. The molecule has 2 aromatic heterocycles. The Bertz CT molecular complexity index is 1450. The Morgan fingerprint density at radius 2 is 1.91 bits per heavy atom. The van der Waals surface area contributed by atoms with Crippen LogP contribution in [0.25, 0.3) is 33.5 Å². The topological polar surface area (TPSA) is 92.8 Å². The molecule has 7 nitrogen and oxygen atoms in total. The van der Waals surface area contributed by atoms with E-state index in [4.69, 9.17) is 16.3 Å². The van der Waals surface area contributed by atoms with Crippen molar-refractivity contribution in [3.8, 4) is 28.7 Å². The third kappa shape index (κ3) is 4.33. The van der Waals surface area contributed by atoms with Gasteiger partial charge in [-0.3, -0.25) is 5.32 Å². The number of benzene rings is 2. The predicted molar refractivity (Wildman–Crippen MR) is 136 cm³/mol. The lowest BCUT2D eigenvalue weighted by Crippen LogP contribution is -2.18. The van der Waals surface area contributed by atoms with E-state index in [1.807, 2.05) is 18.2 Å². The van der Waals surface area contributed by atoms with Crippen molar-refractivity contribution in [1.82, 2.24) is 14.5 Å². The molecule has 5 rings (SSSR count). The van der Waals surface area contributed by atoms with E-state index in [-0.39, 0.29) is 6.10 Å². The molecule has 8 heteroatoms. The molecule has 176 valence electrons. The van der Waals surface area contributed by atoms with Crippen LogP contribution < -0.4 is 5.32 Å². The Morgan fingerprint density at radius 1 is 1.17 bits per heavy atom. The van der Waals surface area contributed by atoms with E-state index < -0.39 is 6.09 Å². The van der Waals surface area contributed by atoms with Gasteiger partial charge in [-0.05, 0) is 57.4 Å². The molecule has 1 fully saturated rings. The van der Waals surface area contributed by atoms with Gasteiger partial charge in [0.2, 0.25) is 0 Å². The summed E-state index contributed by atoms with van der Waals surface area (Å²) in [7, 11) is 0. The molecule has 0 saturated heterocycles. The Morgan fingerprint density at radius 3 is 2.54 bits per heavy atom. The van der Waals surface area contributed by atoms with Crippen LogP contribution in [-0.2, 0) is 4.74 Å². The number of nitriles is 1. The first-order valence-electron chi connectivity index (χ1n) is 11.6. The fourth-order valence-electron chi connectivity index (χ4n) is 4.44. The van der Waals surface area contributed by atoms with Crippen molar-refractivity contribution in [1.29, 1.82) is 5.26 Å². The van der Waals surface area contributed by atoms with Crippen LogP contribution in [0.4, 0.5) is 10.5 Å². The standard InChI is InChI=1S/C27H24ClN5O2/c1-16(2)35-27(34)32-23-10-8-17(13-22(23)28)25-21(15-29)20-9-7-18(26-30-11-4-12-31-26)14-24(20)33(25)19-5-3-6-19/h4,7-14,16,19H,3,5-6H2,1-2H3,(H,32,34). The average molecular weight is 486 g/mol. The normalized spacial score (nSPS) is 13.5. The number of hydrogen-bond acceptors (Lipinski definition) is 5. The summed E-state index contributed by atoms with van der Waals surface area (Å²) in [6, 6.07) is 15.9. The number of anilines is 1. The van der Waals surface area contributed by atoms with E-state index in [1.54, 1.807) is 44.4 Å². The van der Waals surface area contributed by atoms with Crippen molar-refractivity contribution in [3.05, 3.63) is 65.4 Å². The zero-order chi connectivity index (χ0) is 24.5. The van der Waals surface area contributed by atoms with Crippen LogP contribution in [0, 0.1) is 11.3 Å². The molecule has 0 aliphatic heterocycles. The summed E-state index contributed by atoms with van der Waals surface area (Å²) in [5.41, 5.74) is 4.57. The second-order valence-electron chi connectivity index (χ2n) is 8.87. The first-order chi connectivity index (χ1) is 17.0. The fourth-order valence-corrected chi connectivity index (χ4v) is 4.66. The van der Waals surface area contributed by atoms with Gasteiger partial charge in [0.25, 0.3) is 0 Å². The zero-order valence-electron chi connectivity index (χ0n) is 19.5. The number of ether oxygens (including phenoxy) is 1. The van der Waals surface area contributed by atoms with Crippen molar-refractivity contribution in [3.63, 3.8) is 0 Å². The molecule has 0 spiro atoms. The van der Waals surface area contributed by atoms with Crippen molar-refractivity contribution in [2.75, 3.05) is 5.32 Å². The second-order valence-corrected chi connectivity index (χ2v) is 9.28. The minimum atomic E-state index is -0.563. The summed E-state index contributed by atoms with van der Waals surface area (Å²) in [6.07, 6.45) is 5.87. The van der Waals surface area contributed by atoms with Crippen molar-refractivity contribution in [2.24, 2.45) is 0 Å². The molecule has 4 aromatic rings. The molecule has 0 bridgehead atoms. The van der Waals surface area contributed by atoms with Gasteiger partial charge in [-0.2, -0.15) is 5.26 Å². The highest BCUT2D eigenvalue weighted by Crippen LogP contribution is 2.44. The van der Waals surface area contributed by atoms with E-state index in [2.05, 4.69) is 32.0 Å². The third-order valence-corrected chi connectivity index (χ3v) is 6.51. The zero-order valence-corrected chi connectivity index (χ0v) is 20.2. The van der Waals surface area contributed by atoms with E-state index in [0.29, 0.717) is 28.1 Å². The number of halogens is 1.